The lowest BCUT2D eigenvalue weighted by molar-refractivity contribution is 0.0345. The Kier molecular flexibility index (Phi) is 7.15. The summed E-state index contributed by atoms with van der Waals surface area (Å²) in [6, 6.07) is 0. The SMILES string of the molecule is CCCCCOC(C)CC(C)(N)CO. The summed E-state index contributed by atoms with van der Waals surface area (Å²) in [5.41, 5.74) is 5.31. The molecule has 2 atom stereocenters. The summed E-state index contributed by atoms with van der Waals surface area (Å²) in [5, 5.41) is 8.97. The fourth-order valence-electron chi connectivity index (χ4n) is 1.42. The van der Waals surface area contributed by atoms with Crippen LogP contribution in [0.1, 0.15) is 46.5 Å². The normalized spacial score (nSPS) is 17.8. The van der Waals surface area contributed by atoms with Crippen LogP contribution < -0.4 is 5.73 Å². The van der Waals surface area contributed by atoms with E-state index in [2.05, 4.69) is 6.92 Å². The van der Waals surface area contributed by atoms with Gasteiger partial charge < -0.3 is 15.6 Å². The second-order valence-electron chi connectivity index (χ2n) is 4.40. The highest BCUT2D eigenvalue weighted by molar-refractivity contribution is 4.79. The van der Waals surface area contributed by atoms with Crippen molar-refractivity contribution in [1.29, 1.82) is 0 Å². The summed E-state index contributed by atoms with van der Waals surface area (Å²) in [7, 11) is 0. The quantitative estimate of drug-likeness (QED) is 0.590. The minimum Gasteiger partial charge on any atom is -0.394 e. The van der Waals surface area contributed by atoms with Gasteiger partial charge in [-0.25, -0.2) is 0 Å². The molecule has 2 unspecified atom stereocenters. The van der Waals surface area contributed by atoms with Crippen molar-refractivity contribution in [1.82, 2.24) is 0 Å². The average molecular weight is 203 g/mol. The largest absolute Gasteiger partial charge is 0.394 e. The van der Waals surface area contributed by atoms with Crippen LogP contribution in [-0.2, 0) is 4.74 Å². The first-order valence-electron chi connectivity index (χ1n) is 5.53. The molecule has 0 amide bonds. The molecular formula is C11H25NO2. The van der Waals surface area contributed by atoms with E-state index >= 15 is 0 Å². The number of hydrogen-bond donors (Lipinski definition) is 2. The van der Waals surface area contributed by atoms with Crippen LogP contribution in [0.15, 0.2) is 0 Å². The number of unbranched alkanes of at least 4 members (excludes halogenated alkanes) is 2. The highest BCUT2D eigenvalue weighted by Crippen LogP contribution is 2.11. The maximum atomic E-state index is 8.97. The van der Waals surface area contributed by atoms with E-state index in [1.54, 1.807) is 0 Å². The molecular weight excluding hydrogens is 178 g/mol. The Morgan fingerprint density at radius 2 is 2.07 bits per heavy atom. The Balaban J connectivity index is 3.49. The van der Waals surface area contributed by atoms with E-state index in [-0.39, 0.29) is 12.7 Å². The van der Waals surface area contributed by atoms with Crippen molar-refractivity contribution in [2.45, 2.75) is 58.1 Å². The zero-order chi connectivity index (χ0) is 11.0. The number of nitrogens with two attached hydrogens (primary N) is 1. The molecule has 0 aromatic heterocycles. The Morgan fingerprint density at radius 1 is 1.43 bits per heavy atom. The van der Waals surface area contributed by atoms with Gasteiger partial charge in [0, 0.05) is 12.1 Å². The third-order valence-corrected chi connectivity index (χ3v) is 2.27. The highest BCUT2D eigenvalue weighted by atomic mass is 16.5. The molecule has 3 N–H and O–H groups in total. The second-order valence-corrected chi connectivity index (χ2v) is 4.40. The van der Waals surface area contributed by atoms with E-state index in [1.165, 1.54) is 12.8 Å². The van der Waals surface area contributed by atoms with Gasteiger partial charge in [-0.2, -0.15) is 0 Å². The summed E-state index contributed by atoms with van der Waals surface area (Å²) in [5.74, 6) is 0. The lowest BCUT2D eigenvalue weighted by atomic mass is 9.97. The van der Waals surface area contributed by atoms with Gasteiger partial charge in [-0.1, -0.05) is 19.8 Å². The molecule has 14 heavy (non-hydrogen) atoms. The molecule has 3 heteroatoms. The average Bonchev–Trinajstić information content (AvgIpc) is 2.12. The van der Waals surface area contributed by atoms with Gasteiger partial charge in [0.15, 0.2) is 0 Å². The molecule has 0 aliphatic carbocycles. The van der Waals surface area contributed by atoms with Crippen LogP contribution in [0.3, 0.4) is 0 Å². The van der Waals surface area contributed by atoms with Gasteiger partial charge in [0.1, 0.15) is 0 Å². The van der Waals surface area contributed by atoms with Gasteiger partial charge in [0.2, 0.25) is 0 Å². The molecule has 3 nitrogen and oxygen atoms in total. The molecule has 0 radical (unpaired) electrons. The van der Waals surface area contributed by atoms with Crippen molar-refractivity contribution >= 4 is 0 Å². The van der Waals surface area contributed by atoms with Gasteiger partial charge in [0.25, 0.3) is 0 Å². The van der Waals surface area contributed by atoms with Gasteiger partial charge in [-0.05, 0) is 26.7 Å². The molecule has 86 valence electrons. The second kappa shape index (κ2) is 7.21. The van der Waals surface area contributed by atoms with Crippen molar-refractivity contribution in [3.05, 3.63) is 0 Å². The minimum absolute atomic E-state index is 0.00958. The van der Waals surface area contributed by atoms with Crippen LogP contribution in [0.2, 0.25) is 0 Å². The Labute approximate surface area is 87.6 Å². The fraction of sp³-hybridized carbons (Fsp3) is 1.00. The fourth-order valence-corrected chi connectivity index (χ4v) is 1.42. The third-order valence-electron chi connectivity index (χ3n) is 2.27. The van der Waals surface area contributed by atoms with Crippen molar-refractivity contribution in [2.75, 3.05) is 13.2 Å². The van der Waals surface area contributed by atoms with Gasteiger partial charge >= 0.3 is 0 Å². The van der Waals surface area contributed by atoms with Crippen LogP contribution in [0.25, 0.3) is 0 Å². The standard InChI is InChI=1S/C11H25NO2/c1-4-5-6-7-14-10(2)8-11(3,12)9-13/h10,13H,4-9,12H2,1-3H3. The van der Waals surface area contributed by atoms with Crippen LogP contribution in [0.4, 0.5) is 0 Å². The highest BCUT2D eigenvalue weighted by Gasteiger charge is 2.20. The molecule has 0 saturated heterocycles. The van der Waals surface area contributed by atoms with E-state index in [0.717, 1.165) is 13.0 Å². The first-order chi connectivity index (χ1) is 6.52. The number of ether oxygens (including phenoxy) is 1. The Morgan fingerprint density at radius 3 is 2.57 bits per heavy atom. The molecule has 0 aromatic rings. The number of hydrogen-bond acceptors (Lipinski definition) is 3. The van der Waals surface area contributed by atoms with E-state index in [4.69, 9.17) is 15.6 Å². The van der Waals surface area contributed by atoms with Crippen LogP contribution in [0.5, 0.6) is 0 Å². The van der Waals surface area contributed by atoms with Gasteiger partial charge in [-0.15, -0.1) is 0 Å². The molecule has 0 aliphatic rings. The van der Waals surface area contributed by atoms with Crippen molar-refractivity contribution < 1.29 is 9.84 Å². The lowest BCUT2D eigenvalue weighted by Gasteiger charge is -2.25. The van der Waals surface area contributed by atoms with Crippen molar-refractivity contribution in [2.24, 2.45) is 5.73 Å². The van der Waals surface area contributed by atoms with E-state index in [1.807, 2.05) is 13.8 Å². The van der Waals surface area contributed by atoms with E-state index < -0.39 is 5.54 Å². The topological polar surface area (TPSA) is 55.5 Å². The van der Waals surface area contributed by atoms with E-state index in [9.17, 15) is 0 Å². The van der Waals surface area contributed by atoms with Crippen molar-refractivity contribution in [3.8, 4) is 0 Å². The van der Waals surface area contributed by atoms with Crippen molar-refractivity contribution in [3.63, 3.8) is 0 Å². The third kappa shape index (κ3) is 7.30. The predicted molar refractivity (Wildman–Crippen MR) is 59.2 cm³/mol. The summed E-state index contributed by atoms with van der Waals surface area (Å²) >= 11 is 0. The number of rotatable bonds is 8. The molecule has 0 rings (SSSR count). The molecule has 0 fully saturated rings. The molecule has 0 aromatic carbocycles. The zero-order valence-corrected chi connectivity index (χ0v) is 9.75. The van der Waals surface area contributed by atoms with E-state index in [0.29, 0.717) is 6.42 Å². The van der Waals surface area contributed by atoms with Gasteiger partial charge in [-0.3, -0.25) is 0 Å². The molecule has 0 bridgehead atoms. The molecule has 0 aliphatic heterocycles. The predicted octanol–water partition coefficient (Wildman–Crippen LogP) is 1.68. The molecule has 0 saturated carbocycles. The lowest BCUT2D eigenvalue weighted by Crippen LogP contribution is -2.43. The summed E-state index contributed by atoms with van der Waals surface area (Å²) in [6.45, 7) is 6.84. The number of aliphatic hydroxyl groups excluding tert-OH is 1. The first-order valence-corrected chi connectivity index (χ1v) is 5.53. The summed E-state index contributed by atoms with van der Waals surface area (Å²) < 4.78 is 5.59. The maximum Gasteiger partial charge on any atom is 0.0609 e. The van der Waals surface area contributed by atoms with Crippen LogP contribution in [0, 0.1) is 0 Å². The van der Waals surface area contributed by atoms with Crippen LogP contribution >= 0.6 is 0 Å². The summed E-state index contributed by atoms with van der Waals surface area (Å²) in [6.07, 6.45) is 4.38. The monoisotopic (exact) mass is 203 g/mol. The first kappa shape index (κ1) is 13.9. The number of aliphatic hydroxyl groups is 1. The smallest absolute Gasteiger partial charge is 0.0609 e. The minimum atomic E-state index is -0.510. The van der Waals surface area contributed by atoms with Gasteiger partial charge in [0.05, 0.1) is 12.7 Å². The Hall–Kier alpha value is -0.120. The Bertz CT molecular complexity index is 137. The maximum absolute atomic E-state index is 8.97. The zero-order valence-electron chi connectivity index (χ0n) is 9.75. The molecule has 0 spiro atoms. The summed E-state index contributed by atoms with van der Waals surface area (Å²) in [4.78, 5) is 0. The molecule has 0 heterocycles. The van der Waals surface area contributed by atoms with Crippen LogP contribution in [-0.4, -0.2) is 30.0 Å².